The van der Waals surface area contributed by atoms with Crippen LogP contribution in [0.3, 0.4) is 0 Å². The predicted octanol–water partition coefficient (Wildman–Crippen LogP) is 2.91. The number of thiophene rings is 1. The van der Waals surface area contributed by atoms with Gasteiger partial charge < -0.3 is 0 Å². The summed E-state index contributed by atoms with van der Waals surface area (Å²) in [7, 11) is -1.75. The van der Waals surface area contributed by atoms with Crippen LogP contribution in [0.15, 0.2) is 20.1 Å². The lowest BCUT2D eigenvalue weighted by Gasteiger charge is -2.21. The van der Waals surface area contributed by atoms with E-state index in [0.29, 0.717) is 9.54 Å². The summed E-state index contributed by atoms with van der Waals surface area (Å²) >= 11 is 7.75. The molecule has 0 aliphatic heterocycles. The fourth-order valence-electron chi connectivity index (χ4n) is 0.912. The summed E-state index contributed by atoms with van der Waals surface area (Å²) in [5, 5.41) is 0.620. The maximum atomic E-state index is 12.0. The van der Waals surface area contributed by atoms with Crippen LogP contribution < -0.4 is 0 Å². The van der Waals surface area contributed by atoms with Crippen LogP contribution in [0.2, 0.25) is 0 Å². The molecular formula is C8H11Br2NO2S2. The highest BCUT2D eigenvalue weighted by Crippen LogP contribution is 2.28. The molecule has 0 aromatic carbocycles. The molecule has 0 bridgehead atoms. The lowest BCUT2D eigenvalue weighted by Crippen LogP contribution is -2.35. The molecule has 0 saturated carbocycles. The van der Waals surface area contributed by atoms with Crippen molar-refractivity contribution in [2.24, 2.45) is 0 Å². The molecule has 1 atom stereocenters. The third-order valence-corrected chi connectivity index (χ3v) is 7.03. The fourth-order valence-corrected chi connectivity index (χ4v) is 5.09. The van der Waals surface area contributed by atoms with Gasteiger partial charge in [0.05, 0.1) is 3.79 Å². The first kappa shape index (κ1) is 13.6. The Kier molecular flexibility index (Phi) is 4.79. The Labute approximate surface area is 111 Å². The Morgan fingerprint density at radius 1 is 1.53 bits per heavy atom. The molecule has 7 heteroatoms. The highest BCUT2D eigenvalue weighted by molar-refractivity contribution is 9.11. The molecule has 1 aromatic rings. The van der Waals surface area contributed by atoms with Crippen LogP contribution in [-0.2, 0) is 10.0 Å². The van der Waals surface area contributed by atoms with Gasteiger partial charge in [-0.25, -0.2) is 8.42 Å². The lowest BCUT2D eigenvalue weighted by atomic mass is 10.4. The number of nitrogens with zero attached hydrogens (tertiary/aromatic N) is 1. The standard InChI is InChI=1S/C8H11Br2NO2S2/c1-6(5-9)11(2)15(12,13)8-4-3-7(10)14-8/h3-4,6H,5H2,1-2H3. The molecule has 1 aromatic heterocycles. The minimum absolute atomic E-state index is 0.0594. The first-order valence-electron chi connectivity index (χ1n) is 4.19. The van der Waals surface area contributed by atoms with E-state index >= 15 is 0 Å². The molecule has 3 nitrogen and oxygen atoms in total. The molecule has 1 unspecified atom stereocenters. The lowest BCUT2D eigenvalue weighted by molar-refractivity contribution is 0.417. The summed E-state index contributed by atoms with van der Waals surface area (Å²) < 4.78 is 26.6. The van der Waals surface area contributed by atoms with Crippen molar-refractivity contribution in [2.75, 3.05) is 12.4 Å². The number of halogens is 2. The van der Waals surface area contributed by atoms with E-state index in [9.17, 15) is 8.42 Å². The van der Waals surface area contributed by atoms with E-state index in [4.69, 9.17) is 0 Å². The second kappa shape index (κ2) is 5.27. The largest absolute Gasteiger partial charge is 0.252 e. The molecule has 0 radical (unpaired) electrons. The highest BCUT2D eigenvalue weighted by atomic mass is 79.9. The van der Waals surface area contributed by atoms with Crippen molar-refractivity contribution < 1.29 is 8.42 Å². The van der Waals surface area contributed by atoms with Gasteiger partial charge in [0.15, 0.2) is 0 Å². The number of alkyl halides is 1. The molecule has 15 heavy (non-hydrogen) atoms. The Balaban J connectivity index is 3.03. The zero-order valence-corrected chi connectivity index (χ0v) is 13.1. The van der Waals surface area contributed by atoms with Crippen molar-refractivity contribution in [1.29, 1.82) is 0 Å². The Bertz CT molecular complexity index is 430. The van der Waals surface area contributed by atoms with Crippen molar-refractivity contribution in [1.82, 2.24) is 4.31 Å². The summed E-state index contributed by atoms with van der Waals surface area (Å²) in [6.45, 7) is 1.86. The monoisotopic (exact) mass is 375 g/mol. The molecule has 0 saturated heterocycles. The molecule has 86 valence electrons. The van der Waals surface area contributed by atoms with E-state index in [0.717, 1.165) is 3.79 Å². The Morgan fingerprint density at radius 3 is 2.53 bits per heavy atom. The maximum Gasteiger partial charge on any atom is 0.252 e. The van der Waals surface area contributed by atoms with E-state index in [1.54, 1.807) is 19.2 Å². The van der Waals surface area contributed by atoms with Crippen LogP contribution in [0.5, 0.6) is 0 Å². The second-order valence-corrected chi connectivity index (χ2v) is 8.42. The van der Waals surface area contributed by atoms with E-state index < -0.39 is 10.0 Å². The molecule has 0 spiro atoms. The first-order valence-corrected chi connectivity index (χ1v) is 8.36. The van der Waals surface area contributed by atoms with Gasteiger partial charge in [-0.3, -0.25) is 0 Å². The summed E-state index contributed by atoms with van der Waals surface area (Å²) in [4.78, 5) is 0. The van der Waals surface area contributed by atoms with Crippen molar-refractivity contribution >= 4 is 53.2 Å². The molecule has 0 N–H and O–H groups in total. The van der Waals surface area contributed by atoms with Crippen molar-refractivity contribution in [3.05, 3.63) is 15.9 Å². The van der Waals surface area contributed by atoms with Crippen LogP contribution in [0, 0.1) is 0 Å². The summed E-state index contributed by atoms with van der Waals surface area (Å²) in [6, 6.07) is 3.29. The van der Waals surface area contributed by atoms with Gasteiger partial charge in [-0.1, -0.05) is 15.9 Å². The van der Waals surface area contributed by atoms with Crippen LogP contribution in [-0.4, -0.2) is 31.1 Å². The Hall–Kier alpha value is 0.570. The zero-order chi connectivity index (χ0) is 11.6. The van der Waals surface area contributed by atoms with Gasteiger partial charge in [-0.2, -0.15) is 4.31 Å². The third-order valence-electron chi connectivity index (χ3n) is 2.03. The molecule has 1 heterocycles. The molecular weight excluding hydrogens is 366 g/mol. The van der Waals surface area contributed by atoms with Crippen LogP contribution in [0.25, 0.3) is 0 Å². The van der Waals surface area contributed by atoms with Gasteiger partial charge in [0.25, 0.3) is 10.0 Å². The minimum Gasteiger partial charge on any atom is -0.206 e. The summed E-state index contributed by atoms with van der Waals surface area (Å²) in [6.07, 6.45) is 0. The topological polar surface area (TPSA) is 37.4 Å². The quantitative estimate of drug-likeness (QED) is 0.757. The van der Waals surface area contributed by atoms with E-state index in [2.05, 4.69) is 31.9 Å². The number of sulfonamides is 1. The van der Waals surface area contributed by atoms with Crippen LogP contribution in [0.4, 0.5) is 0 Å². The van der Waals surface area contributed by atoms with Gasteiger partial charge in [0, 0.05) is 18.4 Å². The van der Waals surface area contributed by atoms with Gasteiger partial charge in [-0.15, -0.1) is 11.3 Å². The molecule has 0 fully saturated rings. The predicted molar refractivity (Wildman–Crippen MR) is 70.2 cm³/mol. The Morgan fingerprint density at radius 2 is 2.13 bits per heavy atom. The minimum atomic E-state index is -3.34. The van der Waals surface area contributed by atoms with Crippen molar-refractivity contribution in [3.63, 3.8) is 0 Å². The van der Waals surface area contributed by atoms with Gasteiger partial charge in [0.2, 0.25) is 0 Å². The number of hydrogen-bond donors (Lipinski definition) is 0. The zero-order valence-electron chi connectivity index (χ0n) is 8.28. The maximum absolute atomic E-state index is 12.0. The van der Waals surface area contributed by atoms with E-state index in [-0.39, 0.29) is 6.04 Å². The van der Waals surface area contributed by atoms with E-state index in [1.807, 2.05) is 6.92 Å². The molecule has 0 aliphatic rings. The van der Waals surface area contributed by atoms with Gasteiger partial charge in [-0.05, 0) is 35.0 Å². The summed E-state index contributed by atoms with van der Waals surface area (Å²) in [5.41, 5.74) is 0. The highest BCUT2D eigenvalue weighted by Gasteiger charge is 2.25. The average molecular weight is 377 g/mol. The SMILES string of the molecule is CC(CBr)N(C)S(=O)(=O)c1ccc(Br)s1. The first-order chi connectivity index (χ1) is 6.89. The number of rotatable bonds is 4. The van der Waals surface area contributed by atoms with Gasteiger partial charge in [0.1, 0.15) is 4.21 Å². The van der Waals surface area contributed by atoms with E-state index in [1.165, 1.54) is 15.6 Å². The normalized spacial score (nSPS) is 14.5. The van der Waals surface area contributed by atoms with Crippen molar-refractivity contribution in [2.45, 2.75) is 17.2 Å². The fraction of sp³-hybridized carbons (Fsp3) is 0.500. The van der Waals surface area contributed by atoms with Crippen LogP contribution in [0.1, 0.15) is 6.92 Å². The molecule has 1 rings (SSSR count). The summed E-state index contributed by atoms with van der Waals surface area (Å²) in [5.74, 6) is 0. The third kappa shape index (κ3) is 3.03. The average Bonchev–Trinajstić information content (AvgIpc) is 2.63. The van der Waals surface area contributed by atoms with Gasteiger partial charge >= 0.3 is 0 Å². The molecule has 0 amide bonds. The molecule has 0 aliphatic carbocycles. The van der Waals surface area contributed by atoms with Crippen molar-refractivity contribution in [3.8, 4) is 0 Å². The number of hydrogen-bond acceptors (Lipinski definition) is 3. The second-order valence-electron chi connectivity index (χ2n) is 3.08. The smallest absolute Gasteiger partial charge is 0.206 e. The van der Waals surface area contributed by atoms with Crippen LogP contribution >= 0.6 is 43.2 Å².